The molecule has 5 nitrogen and oxygen atoms in total. The molecule has 1 N–H and O–H groups in total. The molecular formula is C26H23ClN2O3. The first-order chi connectivity index (χ1) is 15.3. The fourth-order valence-corrected chi connectivity index (χ4v) is 4.21. The van der Waals surface area contributed by atoms with Crippen LogP contribution in [0, 0.1) is 0 Å². The molecule has 4 aromatic rings. The van der Waals surface area contributed by atoms with E-state index in [1.807, 2.05) is 56.3 Å². The van der Waals surface area contributed by atoms with Crippen LogP contribution in [0.5, 0.6) is 0 Å². The Morgan fingerprint density at radius 3 is 2.38 bits per heavy atom. The number of nitrogens with zero attached hydrogens (tertiary/aromatic N) is 1. The molecule has 0 aliphatic carbocycles. The van der Waals surface area contributed by atoms with Gasteiger partial charge in [0, 0.05) is 28.3 Å². The number of H-pyrrole nitrogens is 1. The molecule has 162 valence electrons. The fraction of sp³-hybridized carbons (Fsp3) is 0.192. The van der Waals surface area contributed by atoms with Gasteiger partial charge in [-0.25, -0.2) is 4.79 Å². The number of benzene rings is 3. The second kappa shape index (κ2) is 8.97. The van der Waals surface area contributed by atoms with Gasteiger partial charge in [0.2, 0.25) is 0 Å². The molecule has 1 aromatic heterocycles. The van der Waals surface area contributed by atoms with Crippen LogP contribution in [0.3, 0.4) is 0 Å². The summed E-state index contributed by atoms with van der Waals surface area (Å²) in [7, 11) is 0. The molecule has 0 saturated carbocycles. The maximum absolute atomic E-state index is 13.0. The van der Waals surface area contributed by atoms with Gasteiger partial charge in [-0.1, -0.05) is 67.9 Å². The van der Waals surface area contributed by atoms with Crippen molar-refractivity contribution in [2.24, 2.45) is 0 Å². The molecular weight excluding hydrogens is 424 g/mol. The number of hydrogen-bond donors (Lipinski definition) is 1. The first kappa shape index (κ1) is 21.8. The molecule has 0 unspecified atom stereocenters. The Morgan fingerprint density at radius 1 is 0.969 bits per heavy atom. The molecule has 0 aliphatic rings. The highest BCUT2D eigenvalue weighted by atomic mass is 35.5. The van der Waals surface area contributed by atoms with Gasteiger partial charge in [-0.15, -0.1) is 0 Å². The van der Waals surface area contributed by atoms with E-state index in [1.165, 1.54) is 4.57 Å². The Labute approximate surface area is 190 Å². The molecule has 4 rings (SSSR count). The van der Waals surface area contributed by atoms with Crippen LogP contribution < -0.4 is 11.2 Å². The van der Waals surface area contributed by atoms with Gasteiger partial charge >= 0.3 is 5.69 Å². The zero-order chi connectivity index (χ0) is 22.8. The third-order valence-corrected chi connectivity index (χ3v) is 5.88. The van der Waals surface area contributed by atoms with Crippen molar-refractivity contribution in [3.8, 4) is 0 Å². The van der Waals surface area contributed by atoms with Crippen molar-refractivity contribution >= 4 is 28.2 Å². The SMILES string of the molecule is CC(C)c1c(Cc2cccc3ccccc23)n(CC(=O)c2ccc(Cl)cc2)c(=O)[nH]c1=O. The number of nitrogens with one attached hydrogen (secondary N) is 1. The minimum atomic E-state index is -0.586. The molecule has 0 amide bonds. The number of carbonyl (C=O) groups is 1. The van der Waals surface area contributed by atoms with Crippen molar-refractivity contribution in [1.29, 1.82) is 0 Å². The van der Waals surface area contributed by atoms with E-state index in [2.05, 4.69) is 4.98 Å². The van der Waals surface area contributed by atoms with E-state index in [1.54, 1.807) is 24.3 Å². The molecule has 0 saturated heterocycles. The predicted molar refractivity (Wildman–Crippen MR) is 128 cm³/mol. The summed E-state index contributed by atoms with van der Waals surface area (Å²) in [5, 5.41) is 2.65. The lowest BCUT2D eigenvalue weighted by atomic mass is 9.95. The van der Waals surface area contributed by atoms with Crippen LogP contribution in [0.2, 0.25) is 5.02 Å². The molecule has 6 heteroatoms. The van der Waals surface area contributed by atoms with Gasteiger partial charge in [-0.2, -0.15) is 0 Å². The van der Waals surface area contributed by atoms with Gasteiger partial charge in [-0.05, 0) is 46.5 Å². The van der Waals surface area contributed by atoms with Crippen molar-refractivity contribution in [3.63, 3.8) is 0 Å². The van der Waals surface area contributed by atoms with Crippen LogP contribution in [0.15, 0.2) is 76.3 Å². The van der Waals surface area contributed by atoms with E-state index in [-0.39, 0.29) is 18.2 Å². The molecule has 0 atom stereocenters. The van der Waals surface area contributed by atoms with Crippen molar-refractivity contribution in [2.75, 3.05) is 0 Å². The highest BCUT2D eigenvalue weighted by Gasteiger charge is 2.20. The lowest BCUT2D eigenvalue weighted by Gasteiger charge is -2.19. The summed E-state index contributed by atoms with van der Waals surface area (Å²) in [4.78, 5) is 40.9. The average molecular weight is 447 g/mol. The average Bonchev–Trinajstić information content (AvgIpc) is 2.76. The Balaban J connectivity index is 1.86. The number of aromatic nitrogens is 2. The molecule has 3 aromatic carbocycles. The molecule has 0 bridgehead atoms. The second-order valence-corrected chi connectivity index (χ2v) is 8.54. The van der Waals surface area contributed by atoms with Crippen LogP contribution in [-0.4, -0.2) is 15.3 Å². The molecule has 0 aliphatic heterocycles. The van der Waals surface area contributed by atoms with Gasteiger partial charge in [0.25, 0.3) is 5.56 Å². The van der Waals surface area contributed by atoms with Gasteiger partial charge in [-0.3, -0.25) is 19.1 Å². The number of Topliss-reactive ketones (excluding diaryl/α,β-unsaturated/α-hetero) is 1. The smallest absolute Gasteiger partial charge is 0.292 e. The summed E-state index contributed by atoms with van der Waals surface area (Å²) >= 11 is 5.93. The Hall–Kier alpha value is -3.44. The summed E-state index contributed by atoms with van der Waals surface area (Å²) in [5.74, 6) is -0.356. The van der Waals surface area contributed by atoms with Crippen LogP contribution in [0.25, 0.3) is 10.8 Å². The number of hydrogen-bond acceptors (Lipinski definition) is 3. The van der Waals surface area contributed by atoms with Crippen molar-refractivity contribution < 1.29 is 4.79 Å². The highest BCUT2D eigenvalue weighted by Crippen LogP contribution is 2.24. The summed E-state index contributed by atoms with van der Waals surface area (Å²) in [6, 6.07) is 20.5. The molecule has 0 spiro atoms. The predicted octanol–water partition coefficient (Wildman–Crippen LogP) is 4.94. The van der Waals surface area contributed by atoms with E-state index in [0.717, 1.165) is 16.3 Å². The molecule has 0 radical (unpaired) electrons. The molecule has 32 heavy (non-hydrogen) atoms. The number of halogens is 1. The van der Waals surface area contributed by atoms with E-state index >= 15 is 0 Å². The molecule has 0 fully saturated rings. The van der Waals surface area contributed by atoms with Crippen molar-refractivity contribution in [1.82, 2.24) is 9.55 Å². The Bertz CT molecular complexity index is 1410. The van der Waals surface area contributed by atoms with E-state index in [0.29, 0.717) is 28.3 Å². The lowest BCUT2D eigenvalue weighted by Crippen LogP contribution is -2.37. The van der Waals surface area contributed by atoms with Crippen molar-refractivity contribution in [3.05, 3.63) is 115 Å². The number of fused-ring (bicyclic) bond motifs is 1. The zero-order valence-corrected chi connectivity index (χ0v) is 18.6. The van der Waals surface area contributed by atoms with Gasteiger partial charge in [0.1, 0.15) is 0 Å². The largest absolute Gasteiger partial charge is 0.328 e. The minimum absolute atomic E-state index is 0.124. The van der Waals surface area contributed by atoms with Crippen LogP contribution >= 0.6 is 11.6 Å². The Morgan fingerprint density at radius 2 is 1.66 bits per heavy atom. The quantitative estimate of drug-likeness (QED) is 0.426. The number of carbonyl (C=O) groups excluding carboxylic acids is 1. The highest BCUT2D eigenvalue weighted by molar-refractivity contribution is 6.30. The standard InChI is InChI=1S/C26H23ClN2O3/c1-16(2)24-22(14-19-8-5-7-17-6-3-4-9-21(17)19)29(26(32)28-25(24)31)15-23(30)18-10-12-20(27)13-11-18/h3-13,16H,14-15H2,1-2H3,(H,28,31,32). The fourth-order valence-electron chi connectivity index (χ4n) is 4.08. The first-order valence-electron chi connectivity index (χ1n) is 10.5. The Kier molecular flexibility index (Phi) is 6.10. The van der Waals surface area contributed by atoms with Gasteiger partial charge in [0.05, 0.1) is 6.54 Å². The van der Waals surface area contributed by atoms with Gasteiger partial charge < -0.3 is 0 Å². The van der Waals surface area contributed by atoms with Crippen molar-refractivity contribution in [2.45, 2.75) is 32.7 Å². The molecule has 1 heterocycles. The third kappa shape index (κ3) is 4.30. The maximum atomic E-state index is 13.0. The van der Waals surface area contributed by atoms with E-state index in [4.69, 9.17) is 11.6 Å². The topological polar surface area (TPSA) is 71.9 Å². The monoisotopic (exact) mass is 446 g/mol. The second-order valence-electron chi connectivity index (χ2n) is 8.11. The first-order valence-corrected chi connectivity index (χ1v) is 10.8. The third-order valence-electron chi connectivity index (χ3n) is 5.63. The summed E-state index contributed by atoms with van der Waals surface area (Å²) in [5.41, 5.74) is 1.53. The maximum Gasteiger partial charge on any atom is 0.328 e. The minimum Gasteiger partial charge on any atom is -0.292 e. The summed E-state index contributed by atoms with van der Waals surface area (Å²) in [6.07, 6.45) is 0.363. The lowest BCUT2D eigenvalue weighted by molar-refractivity contribution is 0.0969. The number of ketones is 1. The zero-order valence-electron chi connectivity index (χ0n) is 17.9. The summed E-state index contributed by atoms with van der Waals surface area (Å²) in [6.45, 7) is 3.65. The van der Waals surface area contributed by atoms with Crippen LogP contribution in [0.1, 0.15) is 46.9 Å². The normalized spacial score (nSPS) is 11.2. The number of rotatable bonds is 6. The van der Waals surface area contributed by atoms with Crippen LogP contribution in [0.4, 0.5) is 0 Å². The van der Waals surface area contributed by atoms with E-state index in [9.17, 15) is 14.4 Å². The van der Waals surface area contributed by atoms with Gasteiger partial charge in [0.15, 0.2) is 5.78 Å². The number of aromatic amines is 1. The van der Waals surface area contributed by atoms with E-state index < -0.39 is 11.2 Å². The van der Waals surface area contributed by atoms with Crippen LogP contribution in [-0.2, 0) is 13.0 Å². The summed E-state index contributed by atoms with van der Waals surface area (Å²) < 4.78 is 1.40.